The Bertz CT molecular complexity index is 105. The third-order valence-corrected chi connectivity index (χ3v) is 3.17. The van der Waals surface area contributed by atoms with E-state index in [9.17, 15) is 0 Å². The van der Waals surface area contributed by atoms with Gasteiger partial charge in [-0.3, -0.25) is 0 Å². The predicted molar refractivity (Wildman–Crippen MR) is 65.6 cm³/mol. The maximum atomic E-state index is 2.49. The lowest BCUT2D eigenvalue weighted by molar-refractivity contribution is 0.360. The van der Waals surface area contributed by atoms with E-state index in [0.29, 0.717) is 0 Å². The van der Waals surface area contributed by atoms with Crippen LogP contribution in [0.4, 0.5) is 0 Å². The summed E-state index contributed by atoms with van der Waals surface area (Å²) >= 11 is 0. The molecule has 14 heavy (non-hydrogen) atoms. The Hall–Kier alpha value is -0.0400. The molecule has 0 radical (unpaired) electrons. The van der Waals surface area contributed by atoms with Gasteiger partial charge in [0.1, 0.15) is 0 Å². The summed E-state index contributed by atoms with van der Waals surface area (Å²) in [4.78, 5) is 2.49. The first-order valence-electron chi connectivity index (χ1n) is 6.44. The average Bonchev–Trinajstić information content (AvgIpc) is 2.67. The molecule has 1 heteroatoms. The quantitative estimate of drug-likeness (QED) is 0.575. The van der Waals surface area contributed by atoms with Crippen LogP contribution in [-0.4, -0.2) is 25.0 Å². The van der Waals surface area contributed by atoms with E-state index in [1.807, 2.05) is 27.7 Å². The van der Waals surface area contributed by atoms with Crippen LogP contribution in [-0.2, 0) is 0 Å². The molecule has 1 saturated carbocycles. The van der Waals surface area contributed by atoms with Gasteiger partial charge in [0.2, 0.25) is 0 Å². The van der Waals surface area contributed by atoms with Crippen LogP contribution in [0.25, 0.3) is 0 Å². The first kappa shape index (κ1) is 14.0. The van der Waals surface area contributed by atoms with Crippen LogP contribution in [0.5, 0.6) is 0 Å². The van der Waals surface area contributed by atoms with Crippen LogP contribution in [0.1, 0.15) is 47.5 Å². The van der Waals surface area contributed by atoms with Gasteiger partial charge >= 0.3 is 0 Å². The van der Waals surface area contributed by atoms with Crippen LogP contribution in [0.3, 0.4) is 0 Å². The number of hydrogen-bond donors (Lipinski definition) is 0. The lowest BCUT2D eigenvalue weighted by Gasteiger charge is -2.09. The highest BCUT2D eigenvalue weighted by Crippen LogP contribution is 2.40. The van der Waals surface area contributed by atoms with Gasteiger partial charge in [-0.2, -0.15) is 0 Å². The van der Waals surface area contributed by atoms with Crippen LogP contribution in [0, 0.1) is 17.8 Å². The second kappa shape index (κ2) is 7.28. The second-order valence-corrected chi connectivity index (χ2v) is 4.32. The lowest BCUT2D eigenvalue weighted by Crippen LogP contribution is -2.15. The summed E-state index contributed by atoms with van der Waals surface area (Å²) in [6, 6.07) is 0. The summed E-state index contributed by atoms with van der Waals surface area (Å²) < 4.78 is 0. The molecule has 1 nitrogen and oxygen atoms in total. The molecule has 2 aliphatic rings. The first-order chi connectivity index (χ1) is 6.75. The summed E-state index contributed by atoms with van der Waals surface area (Å²) in [6.07, 6.45) is 2.99. The zero-order valence-corrected chi connectivity index (χ0v) is 11.0. The highest BCUT2D eigenvalue weighted by atomic mass is 15.1. The Morgan fingerprint density at radius 1 is 0.857 bits per heavy atom. The van der Waals surface area contributed by atoms with Gasteiger partial charge < -0.3 is 4.90 Å². The van der Waals surface area contributed by atoms with Crippen molar-refractivity contribution in [3.05, 3.63) is 0 Å². The lowest BCUT2D eigenvalue weighted by atomic mass is 10.0. The van der Waals surface area contributed by atoms with E-state index >= 15 is 0 Å². The van der Waals surface area contributed by atoms with E-state index in [-0.39, 0.29) is 0 Å². The van der Waals surface area contributed by atoms with Crippen LogP contribution < -0.4 is 0 Å². The van der Waals surface area contributed by atoms with Gasteiger partial charge in [0.15, 0.2) is 0 Å². The van der Waals surface area contributed by atoms with Crippen molar-refractivity contribution < 1.29 is 0 Å². The van der Waals surface area contributed by atoms with Gasteiger partial charge in [-0.15, -0.1) is 0 Å². The van der Waals surface area contributed by atoms with Gasteiger partial charge in [-0.1, -0.05) is 34.6 Å². The van der Waals surface area contributed by atoms with Gasteiger partial charge in [0.05, 0.1) is 0 Å². The Balaban J connectivity index is 0.000000379. The summed E-state index contributed by atoms with van der Waals surface area (Å²) in [5, 5.41) is 0. The fourth-order valence-corrected chi connectivity index (χ4v) is 2.84. The molecule has 2 unspecified atom stereocenters. The minimum atomic E-state index is 1.02. The van der Waals surface area contributed by atoms with Crippen molar-refractivity contribution in [2.45, 2.75) is 47.5 Å². The fraction of sp³-hybridized carbons (Fsp3) is 1.00. The SMILES string of the molecule is CC.CC.CC1CC2CN(C)CC2C1. The molecule has 0 aromatic rings. The van der Waals surface area contributed by atoms with Crippen molar-refractivity contribution in [2.24, 2.45) is 17.8 Å². The Labute approximate surface area is 90.9 Å². The minimum Gasteiger partial charge on any atom is -0.306 e. The van der Waals surface area contributed by atoms with Crippen molar-refractivity contribution in [1.29, 1.82) is 0 Å². The molecule has 1 aliphatic heterocycles. The number of nitrogens with zero attached hydrogens (tertiary/aromatic N) is 1. The first-order valence-corrected chi connectivity index (χ1v) is 6.44. The third kappa shape index (κ3) is 3.61. The van der Waals surface area contributed by atoms with E-state index in [1.165, 1.54) is 25.9 Å². The molecule has 0 amide bonds. The molecule has 0 aromatic carbocycles. The predicted octanol–water partition coefficient (Wildman–Crippen LogP) is 3.65. The zero-order valence-electron chi connectivity index (χ0n) is 11.0. The van der Waals surface area contributed by atoms with Crippen molar-refractivity contribution in [2.75, 3.05) is 20.1 Å². The minimum absolute atomic E-state index is 1.02. The topological polar surface area (TPSA) is 3.24 Å². The molecular formula is C13H29N. The molecule has 1 heterocycles. The maximum Gasteiger partial charge on any atom is 0.000995 e. The normalized spacial score (nSPS) is 35.1. The van der Waals surface area contributed by atoms with Gasteiger partial charge in [0, 0.05) is 13.1 Å². The molecule has 1 saturated heterocycles. The third-order valence-electron chi connectivity index (χ3n) is 3.17. The largest absolute Gasteiger partial charge is 0.306 e. The second-order valence-electron chi connectivity index (χ2n) is 4.32. The van der Waals surface area contributed by atoms with Gasteiger partial charge in [-0.05, 0) is 37.6 Å². The van der Waals surface area contributed by atoms with Crippen molar-refractivity contribution in [3.63, 3.8) is 0 Å². The Kier molecular flexibility index (Phi) is 7.26. The summed E-state index contributed by atoms with van der Waals surface area (Å²) in [5.41, 5.74) is 0. The molecular weight excluding hydrogens is 170 g/mol. The van der Waals surface area contributed by atoms with Crippen molar-refractivity contribution >= 4 is 0 Å². The molecule has 86 valence electrons. The molecule has 1 aliphatic carbocycles. The zero-order chi connectivity index (χ0) is 11.1. The van der Waals surface area contributed by atoms with Crippen LogP contribution >= 0.6 is 0 Å². The highest BCUT2D eigenvalue weighted by Gasteiger charge is 2.37. The van der Waals surface area contributed by atoms with E-state index in [2.05, 4.69) is 18.9 Å². The molecule has 2 atom stereocenters. The van der Waals surface area contributed by atoms with Gasteiger partial charge in [0.25, 0.3) is 0 Å². The standard InChI is InChI=1S/C9H17N.2C2H6/c1-7-3-8-5-10(2)6-9(8)4-7;2*1-2/h7-9H,3-6H2,1-2H3;2*1-2H3. The highest BCUT2D eigenvalue weighted by molar-refractivity contribution is 4.89. The molecule has 2 rings (SSSR count). The smallest absolute Gasteiger partial charge is 0.000995 e. The van der Waals surface area contributed by atoms with Crippen LogP contribution in [0.2, 0.25) is 0 Å². The summed E-state index contributed by atoms with van der Waals surface area (Å²) in [7, 11) is 2.25. The molecule has 0 spiro atoms. The molecule has 0 N–H and O–H groups in total. The number of hydrogen-bond acceptors (Lipinski definition) is 1. The van der Waals surface area contributed by atoms with E-state index in [0.717, 1.165) is 17.8 Å². The van der Waals surface area contributed by atoms with E-state index in [4.69, 9.17) is 0 Å². The van der Waals surface area contributed by atoms with Gasteiger partial charge in [-0.25, -0.2) is 0 Å². The van der Waals surface area contributed by atoms with Crippen molar-refractivity contribution in [3.8, 4) is 0 Å². The van der Waals surface area contributed by atoms with Crippen molar-refractivity contribution in [1.82, 2.24) is 4.90 Å². The molecule has 0 aromatic heterocycles. The monoisotopic (exact) mass is 199 g/mol. The maximum absolute atomic E-state index is 2.49. The molecule has 0 bridgehead atoms. The average molecular weight is 199 g/mol. The molecule has 2 fully saturated rings. The number of fused-ring (bicyclic) bond motifs is 1. The van der Waals surface area contributed by atoms with E-state index < -0.39 is 0 Å². The number of likely N-dealkylation sites (tertiary alicyclic amines) is 1. The Morgan fingerprint density at radius 3 is 1.57 bits per heavy atom. The summed E-state index contributed by atoms with van der Waals surface area (Å²) in [6.45, 7) is 13.1. The fourth-order valence-electron chi connectivity index (χ4n) is 2.84. The van der Waals surface area contributed by atoms with Crippen LogP contribution in [0.15, 0.2) is 0 Å². The number of rotatable bonds is 0. The van der Waals surface area contributed by atoms with E-state index in [1.54, 1.807) is 0 Å². The Morgan fingerprint density at radius 2 is 1.21 bits per heavy atom. The summed E-state index contributed by atoms with van der Waals surface area (Å²) in [5.74, 6) is 3.13.